The third-order valence-corrected chi connectivity index (χ3v) is 3.52. The molecule has 0 spiro atoms. The second-order valence-electron chi connectivity index (χ2n) is 5.54. The highest BCUT2D eigenvalue weighted by Gasteiger charge is 2.08. The van der Waals surface area contributed by atoms with Gasteiger partial charge in [-0.25, -0.2) is 0 Å². The van der Waals surface area contributed by atoms with Crippen LogP contribution in [0.3, 0.4) is 0 Å². The highest BCUT2D eigenvalue weighted by atomic mass is 16.1. The molecular formula is C20H21N3O. The van der Waals surface area contributed by atoms with Crippen molar-refractivity contribution < 1.29 is 4.79 Å². The van der Waals surface area contributed by atoms with E-state index in [1.165, 1.54) is 11.8 Å². The zero-order chi connectivity index (χ0) is 17.2. The number of rotatable bonds is 7. The number of anilines is 1. The molecule has 2 aromatic carbocycles. The molecule has 0 saturated heterocycles. The number of hydrogen-bond donors (Lipinski definition) is 2. The van der Waals surface area contributed by atoms with Gasteiger partial charge in [-0.2, -0.15) is 5.26 Å². The maximum absolute atomic E-state index is 12.1. The Labute approximate surface area is 142 Å². The molecule has 0 unspecified atom stereocenters. The van der Waals surface area contributed by atoms with Crippen LogP contribution in [-0.2, 0) is 11.2 Å². The first-order valence-electron chi connectivity index (χ1n) is 7.94. The molecule has 2 aromatic rings. The van der Waals surface area contributed by atoms with E-state index < -0.39 is 5.91 Å². The van der Waals surface area contributed by atoms with E-state index in [0.29, 0.717) is 12.2 Å². The fourth-order valence-corrected chi connectivity index (χ4v) is 2.28. The minimum absolute atomic E-state index is 0.0659. The number of carbonyl (C=O) groups is 1. The molecule has 0 aromatic heterocycles. The number of carbonyl (C=O) groups excluding carboxylic acids is 1. The van der Waals surface area contributed by atoms with Crippen LogP contribution in [0.15, 0.2) is 66.4 Å². The zero-order valence-electron chi connectivity index (χ0n) is 13.8. The third kappa shape index (κ3) is 5.62. The summed E-state index contributed by atoms with van der Waals surface area (Å²) < 4.78 is 0. The van der Waals surface area contributed by atoms with E-state index in [0.717, 1.165) is 18.4 Å². The standard InChI is InChI=1S/C20H21N3O/c1-16-7-5-11-19(13-16)23-20(24)18(14-21)15-22-12-6-10-17-8-3-2-4-9-17/h2-5,7-9,11,13,15,22H,6,10,12H2,1H3,(H,23,24)/b18-15-. The lowest BCUT2D eigenvalue weighted by molar-refractivity contribution is -0.112. The van der Waals surface area contributed by atoms with Crippen LogP contribution in [0.5, 0.6) is 0 Å². The van der Waals surface area contributed by atoms with Crippen LogP contribution in [-0.4, -0.2) is 12.5 Å². The van der Waals surface area contributed by atoms with Crippen LogP contribution in [0.2, 0.25) is 0 Å². The molecule has 122 valence electrons. The summed E-state index contributed by atoms with van der Waals surface area (Å²) in [5.74, 6) is -0.404. The van der Waals surface area contributed by atoms with Gasteiger partial charge in [-0.15, -0.1) is 0 Å². The molecule has 2 N–H and O–H groups in total. The van der Waals surface area contributed by atoms with Crippen molar-refractivity contribution >= 4 is 11.6 Å². The highest BCUT2D eigenvalue weighted by Crippen LogP contribution is 2.10. The number of nitrogens with one attached hydrogen (secondary N) is 2. The van der Waals surface area contributed by atoms with Gasteiger partial charge in [0.25, 0.3) is 5.91 Å². The van der Waals surface area contributed by atoms with E-state index in [1.54, 1.807) is 6.07 Å². The van der Waals surface area contributed by atoms with Crippen molar-refractivity contribution in [3.05, 3.63) is 77.5 Å². The molecule has 0 saturated carbocycles. The van der Waals surface area contributed by atoms with Crippen molar-refractivity contribution in [3.8, 4) is 6.07 Å². The van der Waals surface area contributed by atoms with Gasteiger partial charge in [0.2, 0.25) is 0 Å². The quantitative estimate of drug-likeness (QED) is 0.466. The van der Waals surface area contributed by atoms with Crippen molar-refractivity contribution in [1.29, 1.82) is 5.26 Å². The Bertz CT molecular complexity index is 745. The largest absolute Gasteiger partial charge is 0.390 e. The molecule has 0 aliphatic carbocycles. The molecule has 0 fully saturated rings. The van der Waals surface area contributed by atoms with E-state index in [-0.39, 0.29) is 5.57 Å². The number of nitriles is 1. The van der Waals surface area contributed by atoms with Gasteiger partial charge in [0, 0.05) is 18.4 Å². The molecule has 1 amide bonds. The lowest BCUT2D eigenvalue weighted by Gasteiger charge is -2.06. The van der Waals surface area contributed by atoms with E-state index in [1.807, 2.05) is 49.4 Å². The Morgan fingerprint density at radius 2 is 1.96 bits per heavy atom. The van der Waals surface area contributed by atoms with Crippen LogP contribution in [0, 0.1) is 18.3 Å². The molecule has 4 heteroatoms. The summed E-state index contributed by atoms with van der Waals surface area (Å²) in [4.78, 5) is 12.1. The molecule has 0 heterocycles. The molecule has 0 radical (unpaired) electrons. The van der Waals surface area contributed by atoms with E-state index in [9.17, 15) is 4.79 Å². The van der Waals surface area contributed by atoms with Gasteiger partial charge in [-0.1, -0.05) is 42.5 Å². The minimum atomic E-state index is -0.404. The van der Waals surface area contributed by atoms with Crippen LogP contribution < -0.4 is 10.6 Å². The SMILES string of the molecule is Cc1cccc(NC(=O)/C(C#N)=C\NCCCc2ccccc2)c1. The van der Waals surface area contributed by atoms with Crippen LogP contribution in [0.1, 0.15) is 17.5 Å². The van der Waals surface area contributed by atoms with E-state index in [4.69, 9.17) is 5.26 Å². The fraction of sp³-hybridized carbons (Fsp3) is 0.200. The molecule has 24 heavy (non-hydrogen) atoms. The van der Waals surface area contributed by atoms with Crippen molar-refractivity contribution in [1.82, 2.24) is 5.32 Å². The number of amides is 1. The summed E-state index contributed by atoms with van der Waals surface area (Å²) in [5, 5.41) is 14.9. The van der Waals surface area contributed by atoms with Crippen molar-refractivity contribution in [3.63, 3.8) is 0 Å². The Hall–Kier alpha value is -3.06. The molecule has 2 rings (SSSR count). The van der Waals surface area contributed by atoms with Gasteiger partial charge in [0.1, 0.15) is 11.6 Å². The predicted molar refractivity (Wildman–Crippen MR) is 96.3 cm³/mol. The van der Waals surface area contributed by atoms with Gasteiger partial charge >= 0.3 is 0 Å². The first-order valence-corrected chi connectivity index (χ1v) is 7.94. The maximum Gasteiger partial charge on any atom is 0.267 e. The monoisotopic (exact) mass is 319 g/mol. The molecule has 0 bridgehead atoms. The molecule has 4 nitrogen and oxygen atoms in total. The van der Waals surface area contributed by atoms with Crippen molar-refractivity contribution in [2.24, 2.45) is 0 Å². The third-order valence-electron chi connectivity index (χ3n) is 3.52. The van der Waals surface area contributed by atoms with Crippen LogP contribution in [0.4, 0.5) is 5.69 Å². The van der Waals surface area contributed by atoms with Crippen LogP contribution >= 0.6 is 0 Å². The van der Waals surface area contributed by atoms with Crippen LogP contribution in [0.25, 0.3) is 0 Å². The Balaban J connectivity index is 1.80. The zero-order valence-corrected chi connectivity index (χ0v) is 13.8. The first-order chi connectivity index (χ1) is 11.7. The predicted octanol–water partition coefficient (Wildman–Crippen LogP) is 3.56. The topological polar surface area (TPSA) is 64.9 Å². The number of aryl methyl sites for hydroxylation is 2. The molecular weight excluding hydrogens is 298 g/mol. The Morgan fingerprint density at radius 1 is 1.17 bits per heavy atom. The molecule has 0 aliphatic heterocycles. The van der Waals surface area contributed by atoms with Gasteiger partial charge in [-0.3, -0.25) is 4.79 Å². The average Bonchev–Trinajstić information content (AvgIpc) is 2.59. The highest BCUT2D eigenvalue weighted by molar-refractivity contribution is 6.06. The van der Waals surface area contributed by atoms with E-state index >= 15 is 0 Å². The smallest absolute Gasteiger partial charge is 0.267 e. The van der Waals surface area contributed by atoms with Gasteiger partial charge in [0.05, 0.1) is 0 Å². The number of benzene rings is 2. The van der Waals surface area contributed by atoms with Gasteiger partial charge in [0.15, 0.2) is 0 Å². The van der Waals surface area contributed by atoms with Gasteiger partial charge in [-0.05, 0) is 43.0 Å². The normalized spacial score (nSPS) is 10.8. The van der Waals surface area contributed by atoms with Crippen molar-refractivity contribution in [2.45, 2.75) is 19.8 Å². The van der Waals surface area contributed by atoms with Crippen molar-refractivity contribution in [2.75, 3.05) is 11.9 Å². The first kappa shape index (κ1) is 17.3. The lowest BCUT2D eigenvalue weighted by Crippen LogP contribution is -2.17. The maximum atomic E-state index is 12.1. The number of nitrogens with zero attached hydrogens (tertiary/aromatic N) is 1. The summed E-state index contributed by atoms with van der Waals surface area (Å²) >= 11 is 0. The Morgan fingerprint density at radius 3 is 2.67 bits per heavy atom. The summed E-state index contributed by atoms with van der Waals surface area (Å²) in [5.41, 5.74) is 3.08. The minimum Gasteiger partial charge on any atom is -0.390 e. The summed E-state index contributed by atoms with van der Waals surface area (Å²) in [6, 6.07) is 19.6. The summed E-state index contributed by atoms with van der Waals surface area (Å²) in [6.07, 6.45) is 3.37. The molecule has 0 atom stereocenters. The Kier molecular flexibility index (Phi) is 6.60. The van der Waals surface area contributed by atoms with Gasteiger partial charge < -0.3 is 10.6 Å². The summed E-state index contributed by atoms with van der Waals surface area (Å²) in [6.45, 7) is 2.66. The molecule has 0 aliphatic rings. The second kappa shape index (κ2) is 9.16. The number of hydrogen-bond acceptors (Lipinski definition) is 3. The summed E-state index contributed by atoms with van der Waals surface area (Å²) in [7, 11) is 0. The average molecular weight is 319 g/mol. The van der Waals surface area contributed by atoms with E-state index in [2.05, 4.69) is 22.8 Å². The fourth-order valence-electron chi connectivity index (χ4n) is 2.28. The second-order valence-corrected chi connectivity index (χ2v) is 5.54. The lowest BCUT2D eigenvalue weighted by atomic mass is 10.1.